The van der Waals surface area contributed by atoms with Crippen molar-refractivity contribution in [3.63, 3.8) is 0 Å². The first-order valence-electron chi connectivity index (χ1n) is 11.6. The summed E-state index contributed by atoms with van der Waals surface area (Å²) in [6, 6.07) is 22.7. The lowest BCUT2D eigenvalue weighted by Crippen LogP contribution is -2.45. The number of anilines is 1. The third-order valence-corrected chi connectivity index (χ3v) is 6.80. The molecule has 2 atom stereocenters. The summed E-state index contributed by atoms with van der Waals surface area (Å²) < 4.78 is 1.96. The van der Waals surface area contributed by atoms with E-state index in [9.17, 15) is 9.59 Å². The van der Waals surface area contributed by atoms with E-state index in [0.717, 1.165) is 39.2 Å². The molecule has 5 rings (SSSR count). The number of rotatable bonds is 5. The number of amides is 2. The highest BCUT2D eigenvalue weighted by atomic mass is 16.2. The van der Waals surface area contributed by atoms with Crippen LogP contribution in [0.3, 0.4) is 0 Å². The minimum absolute atomic E-state index is 0.0393. The Morgan fingerprint density at radius 3 is 2.50 bits per heavy atom. The van der Waals surface area contributed by atoms with Crippen LogP contribution in [0.1, 0.15) is 47.9 Å². The highest BCUT2D eigenvalue weighted by Crippen LogP contribution is 2.37. The van der Waals surface area contributed by atoms with Crippen LogP contribution >= 0.6 is 0 Å². The smallest absolute Gasteiger partial charge is 0.247 e. The number of aromatic nitrogens is 2. The Balaban J connectivity index is 1.51. The minimum Gasteiger partial charge on any atom is -0.327 e. The topological polar surface area (TPSA) is 67.2 Å². The molecule has 1 aliphatic heterocycles. The number of aryl methyl sites for hydroxylation is 1. The average Bonchev–Trinajstić information content (AvgIpc) is 3.23. The first-order chi connectivity index (χ1) is 16.4. The molecule has 0 saturated carbocycles. The van der Waals surface area contributed by atoms with Gasteiger partial charge in [-0.1, -0.05) is 54.6 Å². The van der Waals surface area contributed by atoms with Gasteiger partial charge in [0.15, 0.2) is 0 Å². The van der Waals surface area contributed by atoms with Crippen LogP contribution in [0.15, 0.2) is 72.8 Å². The van der Waals surface area contributed by atoms with Gasteiger partial charge >= 0.3 is 0 Å². The average molecular weight is 453 g/mol. The zero-order chi connectivity index (χ0) is 23.8. The van der Waals surface area contributed by atoms with E-state index in [2.05, 4.69) is 5.32 Å². The van der Waals surface area contributed by atoms with Crippen molar-refractivity contribution in [2.75, 3.05) is 5.32 Å². The molecular formula is C28H28N4O2. The van der Waals surface area contributed by atoms with E-state index in [1.807, 2.05) is 103 Å². The third-order valence-electron chi connectivity index (χ3n) is 6.80. The lowest BCUT2D eigenvalue weighted by Gasteiger charge is -2.38. The second-order valence-electron chi connectivity index (χ2n) is 8.97. The zero-order valence-corrected chi connectivity index (χ0v) is 19.7. The lowest BCUT2D eigenvalue weighted by atomic mass is 10.0. The molecule has 1 N–H and O–H groups in total. The molecule has 1 aliphatic rings. The van der Waals surface area contributed by atoms with E-state index in [-0.39, 0.29) is 24.3 Å². The van der Waals surface area contributed by atoms with Gasteiger partial charge in [0, 0.05) is 12.2 Å². The summed E-state index contributed by atoms with van der Waals surface area (Å²) in [6.45, 7) is 6.48. The van der Waals surface area contributed by atoms with Crippen molar-refractivity contribution in [2.45, 2.75) is 45.8 Å². The molecule has 0 unspecified atom stereocenters. The Hall–Kier alpha value is -3.93. The van der Waals surface area contributed by atoms with E-state index in [0.29, 0.717) is 6.54 Å². The number of fused-ring (bicyclic) bond motifs is 3. The zero-order valence-electron chi connectivity index (χ0n) is 19.7. The molecule has 4 aromatic rings. The van der Waals surface area contributed by atoms with Crippen molar-refractivity contribution >= 4 is 28.5 Å². The molecule has 0 bridgehead atoms. The van der Waals surface area contributed by atoms with Crippen molar-refractivity contribution in [1.29, 1.82) is 0 Å². The van der Waals surface area contributed by atoms with Gasteiger partial charge in [-0.2, -0.15) is 0 Å². The molecule has 0 spiro atoms. The number of hydrogen-bond acceptors (Lipinski definition) is 3. The number of imidazole rings is 1. The molecule has 34 heavy (non-hydrogen) atoms. The van der Waals surface area contributed by atoms with Crippen molar-refractivity contribution in [3.05, 3.63) is 95.3 Å². The van der Waals surface area contributed by atoms with E-state index in [1.165, 1.54) is 0 Å². The van der Waals surface area contributed by atoms with Crippen LogP contribution in [-0.4, -0.2) is 26.3 Å². The van der Waals surface area contributed by atoms with Gasteiger partial charge < -0.3 is 14.8 Å². The molecule has 3 aromatic carbocycles. The van der Waals surface area contributed by atoms with Crippen molar-refractivity contribution in [3.8, 4) is 0 Å². The number of benzene rings is 3. The van der Waals surface area contributed by atoms with Crippen LogP contribution in [0.5, 0.6) is 0 Å². The maximum atomic E-state index is 13.9. The van der Waals surface area contributed by atoms with E-state index >= 15 is 0 Å². The SMILES string of the molecule is Cc1cccc(NC(=O)C[C@H]2C(=O)N(Cc3ccccc3)[C@H](C)c3nc4ccccc4n32)c1C. The Bertz CT molecular complexity index is 1380. The minimum atomic E-state index is -0.660. The molecule has 0 aliphatic carbocycles. The molecule has 1 aromatic heterocycles. The quantitative estimate of drug-likeness (QED) is 0.445. The molecule has 0 fully saturated rings. The summed E-state index contributed by atoms with van der Waals surface area (Å²) in [5, 5.41) is 3.02. The van der Waals surface area contributed by atoms with Crippen LogP contribution in [0, 0.1) is 13.8 Å². The number of para-hydroxylation sites is 2. The van der Waals surface area contributed by atoms with Crippen LogP contribution in [0.2, 0.25) is 0 Å². The number of nitrogens with zero attached hydrogens (tertiary/aromatic N) is 3. The van der Waals surface area contributed by atoms with Gasteiger partial charge in [0.2, 0.25) is 11.8 Å². The Labute approximate surface area is 199 Å². The maximum Gasteiger partial charge on any atom is 0.247 e. The lowest BCUT2D eigenvalue weighted by molar-refractivity contribution is -0.142. The predicted molar refractivity (Wildman–Crippen MR) is 133 cm³/mol. The van der Waals surface area contributed by atoms with E-state index in [1.54, 1.807) is 0 Å². The van der Waals surface area contributed by atoms with Gasteiger partial charge in [0.05, 0.1) is 23.5 Å². The largest absolute Gasteiger partial charge is 0.327 e. The van der Waals surface area contributed by atoms with Crippen LogP contribution in [0.25, 0.3) is 11.0 Å². The van der Waals surface area contributed by atoms with Crippen molar-refractivity contribution in [1.82, 2.24) is 14.5 Å². The molecule has 0 radical (unpaired) electrons. The normalized spacial score (nSPS) is 17.6. The number of hydrogen-bond donors (Lipinski definition) is 1. The Morgan fingerprint density at radius 2 is 1.71 bits per heavy atom. The van der Waals surface area contributed by atoms with Gasteiger partial charge in [-0.15, -0.1) is 0 Å². The van der Waals surface area contributed by atoms with Gasteiger partial charge in [-0.05, 0) is 55.7 Å². The summed E-state index contributed by atoms with van der Waals surface area (Å²) in [5.41, 5.74) is 5.67. The molecule has 2 heterocycles. The summed E-state index contributed by atoms with van der Waals surface area (Å²) >= 11 is 0. The summed E-state index contributed by atoms with van der Waals surface area (Å²) in [6.07, 6.45) is 0.0393. The molecule has 6 heteroatoms. The van der Waals surface area contributed by atoms with Crippen molar-refractivity contribution in [2.24, 2.45) is 0 Å². The van der Waals surface area contributed by atoms with Gasteiger partial charge in [-0.3, -0.25) is 9.59 Å². The molecule has 2 amide bonds. The molecule has 6 nitrogen and oxygen atoms in total. The molecular weight excluding hydrogens is 424 g/mol. The third kappa shape index (κ3) is 3.85. The number of carbonyl (C=O) groups excluding carboxylic acids is 2. The number of carbonyl (C=O) groups is 2. The fourth-order valence-electron chi connectivity index (χ4n) is 4.75. The fraction of sp³-hybridized carbons (Fsp3) is 0.250. The molecule has 0 saturated heterocycles. The van der Waals surface area contributed by atoms with Crippen molar-refractivity contribution < 1.29 is 9.59 Å². The highest BCUT2D eigenvalue weighted by molar-refractivity contribution is 5.96. The van der Waals surface area contributed by atoms with Gasteiger partial charge in [0.1, 0.15) is 11.9 Å². The monoisotopic (exact) mass is 452 g/mol. The van der Waals surface area contributed by atoms with E-state index < -0.39 is 6.04 Å². The maximum absolute atomic E-state index is 13.9. The summed E-state index contributed by atoms with van der Waals surface area (Å²) in [4.78, 5) is 33.7. The first-order valence-corrected chi connectivity index (χ1v) is 11.6. The Kier molecular flexibility index (Phi) is 5.65. The van der Waals surface area contributed by atoms with Gasteiger partial charge in [-0.25, -0.2) is 4.98 Å². The van der Waals surface area contributed by atoms with Gasteiger partial charge in [0.25, 0.3) is 0 Å². The summed E-state index contributed by atoms with van der Waals surface area (Å²) in [7, 11) is 0. The Morgan fingerprint density at radius 1 is 0.971 bits per heavy atom. The van der Waals surface area contributed by atoms with E-state index in [4.69, 9.17) is 4.98 Å². The molecule has 172 valence electrons. The predicted octanol–water partition coefficient (Wildman–Crippen LogP) is 5.33. The second-order valence-corrected chi connectivity index (χ2v) is 8.97. The fourth-order valence-corrected chi connectivity index (χ4v) is 4.75. The number of nitrogens with one attached hydrogen (secondary N) is 1. The van der Waals surface area contributed by atoms with Crippen LogP contribution < -0.4 is 5.32 Å². The first kappa shape index (κ1) is 21.9. The highest BCUT2D eigenvalue weighted by Gasteiger charge is 2.40. The summed E-state index contributed by atoms with van der Waals surface area (Å²) in [5.74, 6) is 0.550. The van der Waals surface area contributed by atoms with Crippen LogP contribution in [-0.2, 0) is 16.1 Å². The second kappa shape index (κ2) is 8.78. The van der Waals surface area contributed by atoms with Crippen LogP contribution in [0.4, 0.5) is 5.69 Å². The standard InChI is InChI=1S/C28H28N4O2/c1-18-10-9-14-22(19(18)2)29-26(33)16-25-28(34)31(17-21-11-5-4-6-12-21)20(3)27-30-23-13-7-8-15-24(23)32(25)27/h4-15,20,25H,16-17H2,1-3H3,(H,29,33)/t20-,25+/m1/s1.